The number of nitrogens with two attached hydrogens (primary N) is 1. The lowest BCUT2D eigenvalue weighted by Gasteiger charge is -2.15. The second-order valence-electron chi connectivity index (χ2n) is 5.38. The Hall–Kier alpha value is -1.09. The normalized spacial score (nSPS) is 15.2. The van der Waals surface area contributed by atoms with E-state index in [-0.39, 0.29) is 29.9 Å². The van der Waals surface area contributed by atoms with Crippen LogP contribution in [0, 0.1) is 5.92 Å². The molecule has 2 aromatic rings. The van der Waals surface area contributed by atoms with Crippen molar-refractivity contribution in [1.82, 2.24) is 14.7 Å². The number of thiazole rings is 1. The third-order valence-corrected chi connectivity index (χ3v) is 5.35. The molecule has 0 bridgehead atoms. The average molecular weight is 375 g/mol. The highest BCUT2D eigenvalue weighted by Gasteiger charge is 2.31. The first-order valence-electron chi connectivity index (χ1n) is 7.20. The Morgan fingerprint density at radius 1 is 1.57 bits per heavy atom. The number of halogens is 1. The van der Waals surface area contributed by atoms with Gasteiger partial charge in [-0.25, -0.2) is 4.98 Å². The molecule has 1 unspecified atom stereocenters. The van der Waals surface area contributed by atoms with E-state index in [0.29, 0.717) is 34.6 Å². The summed E-state index contributed by atoms with van der Waals surface area (Å²) in [5.74, 6) is 1.46. The van der Waals surface area contributed by atoms with Gasteiger partial charge in [0.25, 0.3) is 5.56 Å². The van der Waals surface area contributed by atoms with Gasteiger partial charge in [-0.1, -0.05) is 0 Å². The molecule has 9 heteroatoms. The number of rotatable bonds is 7. The number of carbonyl (C=O) groups excluding carboxylic acids is 1. The van der Waals surface area contributed by atoms with Crippen molar-refractivity contribution in [3.05, 3.63) is 33.7 Å². The molecule has 1 atom stereocenters. The first kappa shape index (κ1) is 18.3. The third-order valence-electron chi connectivity index (χ3n) is 3.63. The molecule has 3 rings (SSSR count). The van der Waals surface area contributed by atoms with Crippen LogP contribution in [-0.4, -0.2) is 33.6 Å². The van der Waals surface area contributed by atoms with Crippen molar-refractivity contribution in [2.24, 2.45) is 11.7 Å². The monoisotopic (exact) mass is 374 g/mol. The summed E-state index contributed by atoms with van der Waals surface area (Å²) < 4.78 is 1.52. The number of nitrogens with zero attached hydrogens (tertiary/aromatic N) is 2. The van der Waals surface area contributed by atoms with Crippen LogP contribution in [-0.2, 0) is 10.5 Å². The van der Waals surface area contributed by atoms with Gasteiger partial charge in [0.2, 0.25) is 5.91 Å². The number of aromatic nitrogens is 2. The minimum Gasteiger partial charge on any atom is -0.351 e. The van der Waals surface area contributed by atoms with Gasteiger partial charge in [-0.05, 0) is 18.8 Å². The molecular formula is C14H19ClN4O2S2. The van der Waals surface area contributed by atoms with E-state index in [1.54, 1.807) is 6.20 Å². The lowest BCUT2D eigenvalue weighted by molar-refractivity contribution is -0.119. The summed E-state index contributed by atoms with van der Waals surface area (Å²) in [6.45, 7) is 0.494. The standard InChI is InChI=1S/C14H18N4O2S2.ClH/c15-6-11(9-1-2-9)17-12(19)8-21-7-10-5-13(20)18-3-4-22-14(18)16-10;/h3-5,9,11H,1-2,6-8,15H2,(H,17,19);1H. The van der Waals surface area contributed by atoms with Crippen molar-refractivity contribution in [1.29, 1.82) is 0 Å². The van der Waals surface area contributed by atoms with Gasteiger partial charge in [0.15, 0.2) is 4.96 Å². The maximum atomic E-state index is 11.9. The maximum Gasteiger partial charge on any atom is 0.258 e. The summed E-state index contributed by atoms with van der Waals surface area (Å²) >= 11 is 2.89. The lowest BCUT2D eigenvalue weighted by atomic mass is 10.2. The zero-order valence-corrected chi connectivity index (χ0v) is 14.9. The van der Waals surface area contributed by atoms with Crippen molar-refractivity contribution in [2.75, 3.05) is 12.3 Å². The van der Waals surface area contributed by atoms with E-state index < -0.39 is 0 Å². The molecule has 1 aliphatic rings. The molecular weight excluding hydrogens is 356 g/mol. The van der Waals surface area contributed by atoms with Crippen molar-refractivity contribution in [2.45, 2.75) is 24.6 Å². The minimum atomic E-state index is -0.0803. The maximum absolute atomic E-state index is 11.9. The Morgan fingerprint density at radius 3 is 3.04 bits per heavy atom. The van der Waals surface area contributed by atoms with Gasteiger partial charge in [0.05, 0.1) is 11.4 Å². The van der Waals surface area contributed by atoms with Crippen molar-refractivity contribution in [3.63, 3.8) is 0 Å². The van der Waals surface area contributed by atoms with Crippen molar-refractivity contribution >= 4 is 46.4 Å². The summed E-state index contributed by atoms with van der Waals surface area (Å²) in [4.78, 5) is 28.9. The third kappa shape index (κ3) is 4.69. The number of carbonyl (C=O) groups is 1. The number of nitrogens with one attached hydrogen (secondary N) is 1. The molecule has 2 aromatic heterocycles. The molecule has 2 heterocycles. The quantitative estimate of drug-likeness (QED) is 0.761. The summed E-state index contributed by atoms with van der Waals surface area (Å²) in [5, 5.41) is 4.82. The molecule has 0 spiro atoms. The van der Waals surface area contributed by atoms with Gasteiger partial charge < -0.3 is 11.1 Å². The Bertz CT molecular complexity index is 729. The van der Waals surface area contributed by atoms with E-state index in [0.717, 1.165) is 12.8 Å². The largest absolute Gasteiger partial charge is 0.351 e. The Labute approximate surface area is 148 Å². The molecule has 1 amide bonds. The predicted molar refractivity (Wildman–Crippen MR) is 96.5 cm³/mol. The van der Waals surface area contributed by atoms with Crippen LogP contribution in [0.15, 0.2) is 22.4 Å². The molecule has 23 heavy (non-hydrogen) atoms. The molecule has 126 valence electrons. The smallest absolute Gasteiger partial charge is 0.258 e. The first-order chi connectivity index (χ1) is 10.7. The molecule has 1 aliphatic carbocycles. The number of hydrogen-bond donors (Lipinski definition) is 2. The highest BCUT2D eigenvalue weighted by Crippen LogP contribution is 2.32. The summed E-state index contributed by atoms with van der Waals surface area (Å²) in [5.41, 5.74) is 6.30. The number of amides is 1. The second kappa shape index (κ2) is 8.14. The lowest BCUT2D eigenvalue weighted by Crippen LogP contribution is -2.42. The molecule has 0 saturated heterocycles. The highest BCUT2D eigenvalue weighted by atomic mass is 35.5. The molecule has 3 N–H and O–H groups in total. The van der Waals surface area contributed by atoms with Gasteiger partial charge >= 0.3 is 0 Å². The van der Waals surface area contributed by atoms with Gasteiger partial charge in [-0.15, -0.1) is 35.5 Å². The van der Waals surface area contributed by atoms with Crippen molar-refractivity contribution < 1.29 is 4.79 Å². The molecule has 1 saturated carbocycles. The van der Waals surface area contributed by atoms with Crippen molar-refractivity contribution in [3.8, 4) is 0 Å². The van der Waals surface area contributed by atoms with Crippen LogP contribution in [0.25, 0.3) is 4.96 Å². The molecule has 0 radical (unpaired) electrons. The fourth-order valence-electron chi connectivity index (χ4n) is 2.33. The van der Waals surface area contributed by atoms with Gasteiger partial charge in [-0.3, -0.25) is 14.0 Å². The predicted octanol–water partition coefficient (Wildman–Crippen LogP) is 1.26. The van der Waals surface area contributed by atoms with E-state index in [2.05, 4.69) is 10.3 Å². The summed E-state index contributed by atoms with van der Waals surface area (Å²) in [6.07, 6.45) is 4.03. The van der Waals surface area contributed by atoms with E-state index in [9.17, 15) is 9.59 Å². The fourth-order valence-corrected chi connectivity index (χ4v) is 3.79. The Morgan fingerprint density at radius 2 is 2.35 bits per heavy atom. The summed E-state index contributed by atoms with van der Waals surface area (Å²) in [6, 6.07) is 1.63. The molecule has 0 aliphatic heterocycles. The van der Waals surface area contributed by atoms with Crippen LogP contribution in [0.1, 0.15) is 18.5 Å². The topological polar surface area (TPSA) is 89.5 Å². The van der Waals surface area contributed by atoms with Gasteiger partial charge in [0.1, 0.15) is 0 Å². The fraction of sp³-hybridized carbons (Fsp3) is 0.500. The molecule has 1 fully saturated rings. The van der Waals surface area contributed by atoms with E-state index in [4.69, 9.17) is 5.73 Å². The van der Waals surface area contributed by atoms with Gasteiger partial charge in [-0.2, -0.15) is 0 Å². The SMILES string of the molecule is Cl.NCC(NC(=O)CSCc1cc(=O)n2ccsc2n1)C1CC1. The van der Waals surface area contributed by atoms with Crippen LogP contribution in [0.3, 0.4) is 0 Å². The summed E-state index contributed by atoms with van der Waals surface area (Å²) in [7, 11) is 0. The Balaban J connectivity index is 0.00000192. The minimum absolute atomic E-state index is 0. The van der Waals surface area contributed by atoms with E-state index >= 15 is 0 Å². The number of thioether (sulfide) groups is 1. The van der Waals surface area contributed by atoms with Crippen LogP contribution >= 0.6 is 35.5 Å². The zero-order chi connectivity index (χ0) is 15.5. The molecule has 0 aromatic carbocycles. The van der Waals surface area contributed by atoms with Crippen LogP contribution < -0.4 is 16.6 Å². The van der Waals surface area contributed by atoms with Crippen LogP contribution in [0.5, 0.6) is 0 Å². The van der Waals surface area contributed by atoms with Crippen LogP contribution in [0.4, 0.5) is 0 Å². The highest BCUT2D eigenvalue weighted by molar-refractivity contribution is 7.99. The Kier molecular flexibility index (Phi) is 6.46. The van der Waals surface area contributed by atoms with Gasteiger partial charge in [0, 0.05) is 36.0 Å². The average Bonchev–Trinajstić information content (AvgIpc) is 3.22. The van der Waals surface area contributed by atoms with Crippen LogP contribution in [0.2, 0.25) is 0 Å². The molecule has 6 nitrogen and oxygen atoms in total. The van der Waals surface area contributed by atoms with E-state index in [1.165, 1.54) is 33.6 Å². The number of fused-ring (bicyclic) bond motifs is 1. The number of hydrogen-bond acceptors (Lipinski definition) is 6. The second-order valence-corrected chi connectivity index (χ2v) is 7.24. The zero-order valence-electron chi connectivity index (χ0n) is 12.4. The van der Waals surface area contributed by atoms with E-state index in [1.807, 2.05) is 5.38 Å². The first-order valence-corrected chi connectivity index (χ1v) is 9.24.